The number of esters is 2. The summed E-state index contributed by atoms with van der Waals surface area (Å²) in [6, 6.07) is 0. The van der Waals surface area contributed by atoms with E-state index in [1.54, 1.807) is 0 Å². The molecule has 1 aromatic carbocycles. The van der Waals surface area contributed by atoms with Crippen LogP contribution in [0.1, 0.15) is 80.5 Å². The van der Waals surface area contributed by atoms with E-state index in [1.807, 2.05) is 0 Å². The summed E-state index contributed by atoms with van der Waals surface area (Å²) >= 11 is 0. The molecule has 0 N–H and O–H groups in total. The molecule has 4 aliphatic rings. The Morgan fingerprint density at radius 3 is 1.80 bits per heavy atom. The fraction of sp³-hybridized carbons (Fsp3) is 0.500. The van der Waals surface area contributed by atoms with Gasteiger partial charge in [-0.1, -0.05) is 12.8 Å². The number of benzene rings is 1. The van der Waals surface area contributed by atoms with Crippen LogP contribution in [0.15, 0.2) is 0 Å². The smallest absolute Gasteiger partial charge is 0.341 e. The van der Waals surface area contributed by atoms with E-state index in [0.29, 0.717) is 11.8 Å². The molecule has 0 radical (unpaired) electrons. The molecule has 4 nitrogen and oxygen atoms in total. The quantitative estimate of drug-likeness (QED) is 0.690. The molecule has 1 saturated carbocycles. The van der Waals surface area contributed by atoms with Crippen LogP contribution in [0.25, 0.3) is 0 Å². The molecule has 5 rings (SSSR count). The third-order valence-corrected chi connectivity index (χ3v) is 5.32. The predicted molar refractivity (Wildman–Crippen MR) is 68.9 cm³/mol. The van der Waals surface area contributed by atoms with E-state index >= 15 is 0 Å². The van der Waals surface area contributed by atoms with Gasteiger partial charge in [0.15, 0.2) is 0 Å². The zero-order valence-corrected chi connectivity index (χ0v) is 11.0. The third kappa shape index (κ3) is 1.14. The van der Waals surface area contributed by atoms with Crippen LogP contribution in [-0.2, 0) is 15.9 Å². The minimum absolute atomic E-state index is 0.263. The Kier molecular flexibility index (Phi) is 1.87. The summed E-state index contributed by atoms with van der Waals surface area (Å²) in [4.78, 5) is 24.5. The molecule has 0 saturated heterocycles. The molecule has 1 aromatic rings. The van der Waals surface area contributed by atoms with Gasteiger partial charge in [0.1, 0.15) is 0 Å². The van der Waals surface area contributed by atoms with Gasteiger partial charge in [0, 0.05) is 0 Å². The molecule has 0 aromatic heterocycles. The first-order valence-electron chi connectivity index (χ1n) is 7.33. The van der Waals surface area contributed by atoms with Gasteiger partial charge in [0.25, 0.3) is 0 Å². The van der Waals surface area contributed by atoms with E-state index in [0.717, 1.165) is 52.6 Å². The monoisotopic (exact) mass is 270 g/mol. The molecule has 0 spiro atoms. The minimum Gasteiger partial charge on any atom is -0.424 e. The van der Waals surface area contributed by atoms with Crippen LogP contribution in [0.4, 0.5) is 0 Å². The highest BCUT2D eigenvalue weighted by Gasteiger charge is 2.50. The molecule has 1 fully saturated rings. The number of cyclic esters (lactones) is 2. The van der Waals surface area contributed by atoms with Crippen molar-refractivity contribution in [1.82, 2.24) is 0 Å². The minimum atomic E-state index is -0.305. The summed E-state index contributed by atoms with van der Waals surface area (Å²) in [7, 11) is 0. The second kappa shape index (κ2) is 3.43. The fourth-order valence-corrected chi connectivity index (χ4v) is 4.45. The predicted octanol–water partition coefficient (Wildman–Crippen LogP) is 2.63. The van der Waals surface area contributed by atoms with E-state index in [-0.39, 0.29) is 18.7 Å². The normalized spacial score (nSPS) is 28.8. The Hall–Kier alpha value is -1.84. The lowest BCUT2D eigenvalue weighted by atomic mass is 9.59. The fourth-order valence-electron chi connectivity index (χ4n) is 4.45. The van der Waals surface area contributed by atoms with Gasteiger partial charge in [-0.25, -0.2) is 9.59 Å². The maximum absolute atomic E-state index is 12.3. The Morgan fingerprint density at radius 2 is 1.30 bits per heavy atom. The van der Waals surface area contributed by atoms with Crippen LogP contribution in [-0.4, -0.2) is 18.7 Å². The molecule has 3 aliphatic carbocycles. The summed E-state index contributed by atoms with van der Waals surface area (Å²) in [6.45, 7) is -0.263. The standard InChI is InChI=1S/C16H14O4/c17-15-13-9-5-10(9)14(16(18)20-6-19-15)12-8-4-2-1-3-7(8)11(12)13/h7-8H,1-6H2. The summed E-state index contributed by atoms with van der Waals surface area (Å²) in [5.41, 5.74) is 5.83. The Morgan fingerprint density at radius 1 is 0.800 bits per heavy atom. The van der Waals surface area contributed by atoms with Crippen molar-refractivity contribution in [3.8, 4) is 0 Å². The lowest BCUT2D eigenvalue weighted by Crippen LogP contribution is -2.32. The van der Waals surface area contributed by atoms with Crippen molar-refractivity contribution in [3.05, 3.63) is 33.4 Å². The van der Waals surface area contributed by atoms with Crippen molar-refractivity contribution in [2.45, 2.75) is 43.9 Å². The summed E-state index contributed by atoms with van der Waals surface area (Å²) < 4.78 is 10.2. The van der Waals surface area contributed by atoms with Gasteiger partial charge in [-0.15, -0.1) is 0 Å². The van der Waals surface area contributed by atoms with Gasteiger partial charge in [0.05, 0.1) is 11.1 Å². The number of hydrogen-bond donors (Lipinski definition) is 0. The number of carbonyl (C=O) groups excluding carboxylic acids is 2. The van der Waals surface area contributed by atoms with Crippen molar-refractivity contribution >= 4 is 11.9 Å². The number of carbonyl (C=O) groups is 2. The molecule has 2 unspecified atom stereocenters. The molecule has 102 valence electrons. The summed E-state index contributed by atoms with van der Waals surface area (Å²) in [5, 5.41) is 0. The zero-order valence-electron chi connectivity index (χ0n) is 11.0. The van der Waals surface area contributed by atoms with Crippen LogP contribution < -0.4 is 0 Å². The van der Waals surface area contributed by atoms with Gasteiger partial charge >= 0.3 is 11.9 Å². The molecule has 2 atom stereocenters. The van der Waals surface area contributed by atoms with E-state index in [4.69, 9.17) is 9.47 Å². The van der Waals surface area contributed by atoms with Gasteiger partial charge in [-0.2, -0.15) is 0 Å². The van der Waals surface area contributed by atoms with Gasteiger partial charge in [-0.05, 0) is 53.4 Å². The molecular formula is C16H14O4. The van der Waals surface area contributed by atoms with Crippen molar-refractivity contribution in [3.63, 3.8) is 0 Å². The van der Waals surface area contributed by atoms with E-state index < -0.39 is 0 Å². The second-order valence-electron chi connectivity index (χ2n) is 6.19. The molecule has 4 heteroatoms. The van der Waals surface area contributed by atoms with Gasteiger partial charge in [-0.3, -0.25) is 0 Å². The van der Waals surface area contributed by atoms with Crippen molar-refractivity contribution in [2.75, 3.05) is 6.79 Å². The number of rotatable bonds is 0. The second-order valence-corrected chi connectivity index (χ2v) is 6.19. The van der Waals surface area contributed by atoms with Crippen LogP contribution in [0.5, 0.6) is 0 Å². The third-order valence-electron chi connectivity index (χ3n) is 5.32. The van der Waals surface area contributed by atoms with Gasteiger partial charge < -0.3 is 9.47 Å². The number of hydrogen-bond acceptors (Lipinski definition) is 4. The number of fused-ring (bicyclic) bond motifs is 6. The maximum atomic E-state index is 12.3. The SMILES string of the molecule is O=C1OCOC(=O)c2c3c(c1c1c2C2CCCCC12)C3. The first kappa shape index (κ1) is 10.9. The lowest BCUT2D eigenvalue weighted by Gasteiger charge is -2.44. The van der Waals surface area contributed by atoms with Gasteiger partial charge in [0.2, 0.25) is 6.79 Å². The van der Waals surface area contributed by atoms with E-state index in [2.05, 4.69) is 0 Å². The van der Waals surface area contributed by atoms with Crippen molar-refractivity contribution in [1.29, 1.82) is 0 Å². The van der Waals surface area contributed by atoms with Crippen LogP contribution in [0.3, 0.4) is 0 Å². The molecule has 2 bridgehead atoms. The van der Waals surface area contributed by atoms with Crippen molar-refractivity contribution in [2.24, 2.45) is 0 Å². The van der Waals surface area contributed by atoms with E-state index in [1.165, 1.54) is 12.8 Å². The Balaban J connectivity index is 1.82. The first-order chi connectivity index (χ1) is 9.77. The average molecular weight is 270 g/mol. The largest absolute Gasteiger partial charge is 0.424 e. The topological polar surface area (TPSA) is 52.6 Å². The zero-order chi connectivity index (χ0) is 13.4. The van der Waals surface area contributed by atoms with E-state index in [9.17, 15) is 9.59 Å². The van der Waals surface area contributed by atoms with Crippen LogP contribution >= 0.6 is 0 Å². The van der Waals surface area contributed by atoms with Crippen LogP contribution in [0, 0.1) is 0 Å². The maximum Gasteiger partial charge on any atom is 0.341 e. The van der Waals surface area contributed by atoms with Crippen molar-refractivity contribution < 1.29 is 19.1 Å². The Labute approximate surface area is 116 Å². The molecule has 1 aliphatic heterocycles. The molecular weight excluding hydrogens is 256 g/mol. The highest BCUT2D eigenvalue weighted by atomic mass is 16.7. The highest BCUT2D eigenvalue weighted by Crippen LogP contribution is 2.60. The average Bonchev–Trinajstić information content (AvgIpc) is 3.21. The molecule has 20 heavy (non-hydrogen) atoms. The first-order valence-corrected chi connectivity index (χ1v) is 7.33. The highest BCUT2D eigenvalue weighted by molar-refractivity contribution is 6.04. The lowest BCUT2D eigenvalue weighted by molar-refractivity contribution is -0.0163. The molecule has 1 heterocycles. The van der Waals surface area contributed by atoms with Crippen LogP contribution in [0.2, 0.25) is 0 Å². The summed E-state index contributed by atoms with van der Waals surface area (Å²) in [6.07, 6.45) is 5.44. The molecule has 0 amide bonds. The Bertz CT molecular complexity index is 631. The number of ether oxygens (including phenoxy) is 2. The summed E-state index contributed by atoms with van der Waals surface area (Å²) in [5.74, 6) is 0.300.